The van der Waals surface area contributed by atoms with Crippen molar-refractivity contribution in [2.24, 2.45) is 5.92 Å². The number of rotatable bonds is 9. The third-order valence-corrected chi connectivity index (χ3v) is 12.5. The van der Waals surface area contributed by atoms with Crippen molar-refractivity contribution in [2.75, 3.05) is 13.7 Å². The van der Waals surface area contributed by atoms with Crippen molar-refractivity contribution >= 4 is 24.7 Å². The van der Waals surface area contributed by atoms with E-state index < -0.39 is 49.9 Å². The van der Waals surface area contributed by atoms with Gasteiger partial charge in [-0.1, -0.05) is 81.4 Å². The van der Waals surface area contributed by atoms with Gasteiger partial charge < -0.3 is 19.0 Å². The summed E-state index contributed by atoms with van der Waals surface area (Å²) in [6.07, 6.45) is -1.19. The van der Waals surface area contributed by atoms with E-state index in [1.165, 1.54) is 17.9 Å². The Bertz CT molecular complexity index is 1360. The molecule has 2 aromatic carbocycles. The normalized spacial score (nSPS) is 21.7. The van der Waals surface area contributed by atoms with Gasteiger partial charge in [0.25, 0.3) is 13.9 Å². The van der Waals surface area contributed by atoms with Crippen molar-refractivity contribution in [1.82, 2.24) is 9.55 Å². The van der Waals surface area contributed by atoms with Crippen LogP contribution in [0.1, 0.15) is 39.0 Å². The lowest BCUT2D eigenvalue weighted by Crippen LogP contribution is -2.67. The Morgan fingerprint density at radius 3 is 2.10 bits per heavy atom. The third-order valence-electron chi connectivity index (χ3n) is 7.48. The number of H-pyrrole nitrogens is 1. The summed E-state index contributed by atoms with van der Waals surface area (Å²) in [5.41, 5.74) is -0.813. The maximum atomic E-state index is 12.7. The molecule has 0 bridgehead atoms. The summed E-state index contributed by atoms with van der Waals surface area (Å²) in [5.74, 6) is -1.61. The van der Waals surface area contributed by atoms with Crippen LogP contribution in [-0.4, -0.2) is 54.9 Å². The Balaban J connectivity index is 1.77. The SMILES string of the molecule is COC1C(CC(=O)O)[C@@H](CO[Si](c2ccccc2)(c2ccccc2)C(C)(C)C)OC1n1cc(C)c(=O)[nH]c1=O. The molecular formula is C29H36N2O7Si. The van der Waals surface area contributed by atoms with Crippen LogP contribution in [0.25, 0.3) is 0 Å². The van der Waals surface area contributed by atoms with Crippen LogP contribution in [0.4, 0.5) is 0 Å². The molecular weight excluding hydrogens is 516 g/mol. The van der Waals surface area contributed by atoms with Gasteiger partial charge in [-0.05, 0) is 22.3 Å². The zero-order valence-electron chi connectivity index (χ0n) is 22.9. The van der Waals surface area contributed by atoms with Crippen LogP contribution in [0.2, 0.25) is 5.04 Å². The van der Waals surface area contributed by atoms with E-state index in [1.807, 2.05) is 36.4 Å². The van der Waals surface area contributed by atoms with E-state index in [1.54, 1.807) is 6.92 Å². The van der Waals surface area contributed by atoms with Gasteiger partial charge in [-0.15, -0.1) is 0 Å². The average Bonchev–Trinajstić information content (AvgIpc) is 3.23. The third kappa shape index (κ3) is 5.55. The number of hydrogen-bond donors (Lipinski definition) is 2. The molecule has 0 spiro atoms. The molecule has 9 nitrogen and oxygen atoms in total. The van der Waals surface area contributed by atoms with Crippen molar-refractivity contribution in [3.05, 3.63) is 93.3 Å². The molecule has 1 aliphatic rings. The molecule has 1 saturated heterocycles. The van der Waals surface area contributed by atoms with Gasteiger partial charge in [0.2, 0.25) is 0 Å². The first-order chi connectivity index (χ1) is 18.5. The number of aliphatic carboxylic acids is 1. The van der Waals surface area contributed by atoms with Gasteiger partial charge in [-0.25, -0.2) is 4.79 Å². The highest BCUT2D eigenvalue weighted by atomic mass is 28.4. The smallest absolute Gasteiger partial charge is 0.330 e. The first-order valence-electron chi connectivity index (χ1n) is 13.0. The number of carboxylic acid groups (broad SMARTS) is 1. The molecule has 3 aromatic rings. The highest BCUT2D eigenvalue weighted by Gasteiger charge is 2.53. The number of hydrogen-bond acceptors (Lipinski definition) is 6. The van der Waals surface area contributed by atoms with Crippen LogP contribution in [0, 0.1) is 12.8 Å². The lowest BCUT2D eigenvalue weighted by atomic mass is 9.94. The highest BCUT2D eigenvalue weighted by molar-refractivity contribution is 6.99. The predicted octanol–water partition coefficient (Wildman–Crippen LogP) is 2.42. The Kier molecular flexibility index (Phi) is 8.41. The molecule has 4 atom stereocenters. The lowest BCUT2D eigenvalue weighted by molar-refractivity contribution is -0.139. The molecule has 0 aliphatic carbocycles. The number of carboxylic acids is 1. The number of ether oxygens (including phenoxy) is 2. The second kappa shape index (κ2) is 11.4. The molecule has 1 aliphatic heterocycles. The van der Waals surface area contributed by atoms with E-state index in [4.69, 9.17) is 13.9 Å². The van der Waals surface area contributed by atoms with Crippen LogP contribution >= 0.6 is 0 Å². The van der Waals surface area contributed by atoms with Gasteiger partial charge in [-0.3, -0.25) is 19.1 Å². The summed E-state index contributed by atoms with van der Waals surface area (Å²) < 4.78 is 20.4. The first kappa shape index (κ1) is 28.7. The monoisotopic (exact) mass is 552 g/mol. The topological polar surface area (TPSA) is 120 Å². The van der Waals surface area contributed by atoms with Crippen molar-refractivity contribution in [1.29, 1.82) is 0 Å². The van der Waals surface area contributed by atoms with Crippen LogP contribution in [-0.2, 0) is 18.7 Å². The Morgan fingerprint density at radius 2 is 1.62 bits per heavy atom. The number of aromatic nitrogens is 2. The van der Waals surface area contributed by atoms with E-state index in [2.05, 4.69) is 50.0 Å². The number of aromatic amines is 1. The van der Waals surface area contributed by atoms with Crippen LogP contribution < -0.4 is 21.6 Å². The second-order valence-corrected chi connectivity index (χ2v) is 15.3. The zero-order chi connectivity index (χ0) is 28.4. The summed E-state index contributed by atoms with van der Waals surface area (Å²) in [6, 6.07) is 20.2. The molecule has 2 heterocycles. The fourth-order valence-corrected chi connectivity index (χ4v) is 10.2. The molecule has 3 unspecified atom stereocenters. The van der Waals surface area contributed by atoms with Gasteiger partial charge in [0.05, 0.1) is 19.1 Å². The maximum absolute atomic E-state index is 12.7. The van der Waals surface area contributed by atoms with Gasteiger partial charge in [0.15, 0.2) is 6.23 Å². The second-order valence-electron chi connectivity index (χ2n) is 11.0. The standard InChI is InChI=1S/C29H36N2O7Si/c1-19-17-31(28(35)30-26(19)34)27-25(36-5)22(16-24(32)33)23(38-27)18-37-39(29(2,3)4,20-12-8-6-9-13-20)21-14-10-7-11-15-21/h6-15,17,22-23,25,27H,16,18H2,1-5H3,(H,32,33)(H,30,34,35)/t22?,23-,25?,27?/m1/s1. The minimum absolute atomic E-state index is 0.0959. The molecule has 10 heteroatoms. The highest BCUT2D eigenvalue weighted by Crippen LogP contribution is 2.41. The number of methoxy groups -OCH3 is 1. The summed E-state index contributed by atoms with van der Waals surface area (Å²) in [5, 5.41) is 11.6. The van der Waals surface area contributed by atoms with Crippen molar-refractivity contribution < 1.29 is 23.8 Å². The van der Waals surface area contributed by atoms with Gasteiger partial charge in [0, 0.05) is 24.8 Å². The lowest BCUT2D eigenvalue weighted by Gasteiger charge is -2.43. The van der Waals surface area contributed by atoms with Gasteiger partial charge in [0.1, 0.15) is 6.10 Å². The van der Waals surface area contributed by atoms with Crippen LogP contribution in [0.5, 0.6) is 0 Å². The van der Waals surface area contributed by atoms with Gasteiger partial charge >= 0.3 is 11.7 Å². The van der Waals surface area contributed by atoms with Crippen molar-refractivity contribution in [3.63, 3.8) is 0 Å². The number of benzene rings is 2. The fourth-order valence-electron chi connectivity index (χ4n) is 5.65. The molecule has 1 aromatic heterocycles. The van der Waals surface area contributed by atoms with E-state index in [0.29, 0.717) is 5.56 Å². The Labute approximate surface area is 228 Å². The molecule has 208 valence electrons. The minimum atomic E-state index is -2.93. The van der Waals surface area contributed by atoms with Gasteiger partial charge in [-0.2, -0.15) is 0 Å². The Hall–Kier alpha value is -3.31. The average molecular weight is 553 g/mol. The number of aryl methyl sites for hydroxylation is 1. The molecule has 0 saturated carbocycles. The molecule has 39 heavy (non-hydrogen) atoms. The molecule has 1 fully saturated rings. The summed E-state index contributed by atoms with van der Waals surface area (Å²) in [4.78, 5) is 38.9. The van der Waals surface area contributed by atoms with E-state index in [-0.39, 0.29) is 18.1 Å². The number of nitrogens with one attached hydrogen (secondary N) is 1. The largest absolute Gasteiger partial charge is 0.481 e. The Morgan fingerprint density at radius 1 is 1.05 bits per heavy atom. The quantitative estimate of drug-likeness (QED) is 0.391. The fraction of sp³-hybridized carbons (Fsp3) is 0.414. The molecule has 0 amide bonds. The maximum Gasteiger partial charge on any atom is 0.330 e. The van der Waals surface area contributed by atoms with Crippen LogP contribution in [0.3, 0.4) is 0 Å². The van der Waals surface area contributed by atoms with E-state index >= 15 is 0 Å². The predicted molar refractivity (Wildman–Crippen MR) is 150 cm³/mol. The van der Waals surface area contributed by atoms with Crippen molar-refractivity contribution in [2.45, 2.75) is 57.6 Å². The minimum Gasteiger partial charge on any atom is -0.481 e. The van der Waals surface area contributed by atoms with Crippen molar-refractivity contribution in [3.8, 4) is 0 Å². The van der Waals surface area contributed by atoms with Crippen LogP contribution in [0.15, 0.2) is 76.4 Å². The number of carbonyl (C=O) groups is 1. The van der Waals surface area contributed by atoms with E-state index in [9.17, 15) is 19.5 Å². The number of nitrogens with zero attached hydrogens (tertiary/aromatic N) is 1. The summed E-state index contributed by atoms with van der Waals surface area (Å²) >= 11 is 0. The van der Waals surface area contributed by atoms with E-state index in [0.717, 1.165) is 10.4 Å². The molecule has 0 radical (unpaired) electrons. The first-order valence-corrected chi connectivity index (χ1v) is 14.9. The summed E-state index contributed by atoms with van der Waals surface area (Å²) in [6.45, 7) is 8.16. The zero-order valence-corrected chi connectivity index (χ0v) is 23.9. The summed E-state index contributed by atoms with van der Waals surface area (Å²) in [7, 11) is -1.47. The molecule has 4 rings (SSSR count). The molecule has 2 N–H and O–H groups in total.